The molecule has 0 aliphatic carbocycles. The van der Waals surface area contributed by atoms with Crippen LogP contribution < -0.4 is 40.2 Å². The molecule has 0 saturated heterocycles. The fourth-order valence-electron chi connectivity index (χ4n) is 12.2. The second-order valence-corrected chi connectivity index (χ2v) is 26.5. The Bertz CT molecular complexity index is 5290. The van der Waals surface area contributed by atoms with E-state index in [1.807, 2.05) is 109 Å². The van der Waals surface area contributed by atoms with Crippen molar-refractivity contribution >= 4 is 69.5 Å². The molecule has 0 spiro atoms. The molecule has 20 heteroatoms. The van der Waals surface area contributed by atoms with Gasteiger partial charge in [-0.05, 0) is 207 Å². The van der Waals surface area contributed by atoms with Crippen LogP contribution in [0.25, 0.3) is 0 Å². The highest BCUT2D eigenvalue weighted by Crippen LogP contribution is 2.30. The lowest BCUT2D eigenvalue weighted by Crippen LogP contribution is -2.16. The maximum Gasteiger partial charge on any atom is 0.258 e. The van der Waals surface area contributed by atoms with Crippen LogP contribution in [0.3, 0.4) is 0 Å². The van der Waals surface area contributed by atoms with Crippen molar-refractivity contribution in [1.29, 1.82) is 0 Å². The molecule has 0 aromatic heterocycles. The monoisotopic (exact) mass is 1560 g/mol. The number of Topliss-reactive ketones (excluding diaryl/α,β-unsaturated/α-hetero) is 4. The quantitative estimate of drug-likeness (QED) is 0.0228. The topological polar surface area (TPSA) is 222 Å². The van der Waals surface area contributed by atoms with E-state index in [4.69, 9.17) is 18.9 Å². The summed E-state index contributed by atoms with van der Waals surface area (Å²) >= 11 is 0. The number of nitrogens with one attached hydrogen (secondary N) is 4. The number of rotatable bonds is 32. The van der Waals surface area contributed by atoms with Crippen LogP contribution in [-0.2, 0) is 25.7 Å². The Morgan fingerprint density at radius 2 is 0.491 bits per heavy atom. The summed E-state index contributed by atoms with van der Waals surface area (Å²) in [6, 6.07) is 81.6. The smallest absolute Gasteiger partial charge is 0.258 e. The number of aryl methyl sites for hydroxylation is 4. The van der Waals surface area contributed by atoms with E-state index in [9.17, 15) is 55.9 Å². The van der Waals surface area contributed by atoms with Crippen molar-refractivity contribution in [3.8, 4) is 23.0 Å². The van der Waals surface area contributed by atoms with Gasteiger partial charge in [-0.3, -0.25) is 38.4 Å². The summed E-state index contributed by atoms with van der Waals surface area (Å²) in [6.07, 6.45) is 7.16. The van der Waals surface area contributed by atoms with Crippen LogP contribution in [0.2, 0.25) is 0 Å². The highest BCUT2D eigenvalue weighted by Gasteiger charge is 2.22. The lowest BCUT2D eigenvalue weighted by molar-refractivity contribution is 0.0971. The lowest BCUT2D eigenvalue weighted by atomic mass is 10.0. The summed E-state index contributed by atoms with van der Waals surface area (Å²) in [4.78, 5) is 101. The molecule has 0 aliphatic heterocycles. The number of carbonyl (C=O) groups is 8. The van der Waals surface area contributed by atoms with Crippen LogP contribution in [0.1, 0.15) is 156 Å². The maximum absolute atomic E-state index is 13.9. The molecule has 592 valence electrons. The number of carbonyl (C=O) groups excluding carboxylic acids is 8. The van der Waals surface area contributed by atoms with Crippen molar-refractivity contribution in [2.75, 3.05) is 49.7 Å². The second kappa shape index (κ2) is 45.0. The number of ketones is 4. The third-order valence-electron chi connectivity index (χ3n) is 18.4. The van der Waals surface area contributed by atoms with E-state index < -0.39 is 41.0 Å². The van der Waals surface area contributed by atoms with Gasteiger partial charge >= 0.3 is 0 Å². The molecule has 4 amide bonds. The third-order valence-corrected chi connectivity index (χ3v) is 18.4. The fraction of sp³-hybridized carbons (Fsp3) is 0.167. The molecule has 0 unspecified atom stereocenters. The number of amides is 4. The molecule has 16 nitrogen and oxygen atoms in total. The van der Waals surface area contributed by atoms with E-state index in [-0.39, 0.29) is 63.5 Å². The minimum atomic E-state index is -0.734. The highest BCUT2D eigenvalue weighted by molar-refractivity contribution is 6.13. The Labute approximate surface area is 671 Å². The Balaban J connectivity index is 0.000000177. The van der Waals surface area contributed by atoms with Crippen LogP contribution in [-0.4, -0.2) is 75.2 Å². The van der Waals surface area contributed by atoms with Crippen LogP contribution >= 0.6 is 0 Å². The van der Waals surface area contributed by atoms with Crippen molar-refractivity contribution < 1.29 is 74.9 Å². The summed E-state index contributed by atoms with van der Waals surface area (Å²) in [5, 5.41) is 10.6. The van der Waals surface area contributed by atoms with Gasteiger partial charge in [-0.25, -0.2) is 17.6 Å². The Hall–Kier alpha value is -13.9. The molecule has 12 rings (SSSR count). The predicted octanol–water partition coefficient (Wildman–Crippen LogP) is 21.2. The van der Waals surface area contributed by atoms with Gasteiger partial charge in [0.15, 0.2) is 23.1 Å². The Morgan fingerprint density at radius 3 is 0.767 bits per heavy atom. The lowest BCUT2D eigenvalue weighted by Gasteiger charge is -2.13. The summed E-state index contributed by atoms with van der Waals surface area (Å²) in [5.74, 6) is -2.58. The Morgan fingerprint density at radius 1 is 0.250 bits per heavy atom. The number of hydrogen-bond donors (Lipinski definition) is 4. The zero-order valence-corrected chi connectivity index (χ0v) is 64.6. The molecule has 0 atom stereocenters. The largest absolute Gasteiger partial charge is 0.497 e. The van der Waals surface area contributed by atoms with E-state index >= 15 is 0 Å². The van der Waals surface area contributed by atoms with E-state index in [0.717, 1.165) is 55.4 Å². The van der Waals surface area contributed by atoms with Crippen LogP contribution in [0, 0.1) is 23.3 Å². The number of benzene rings is 12. The molecule has 0 heterocycles. The molecule has 12 aromatic rings. The van der Waals surface area contributed by atoms with E-state index in [0.29, 0.717) is 101 Å². The number of ether oxygens (including phenoxy) is 4. The van der Waals surface area contributed by atoms with Crippen molar-refractivity contribution in [2.45, 2.75) is 77.0 Å². The first-order chi connectivity index (χ1) is 56.3. The van der Waals surface area contributed by atoms with Gasteiger partial charge in [-0.15, -0.1) is 0 Å². The average Bonchev–Trinajstić information content (AvgIpc) is 0.837. The average molecular weight is 1570 g/mol. The number of anilines is 4. The van der Waals surface area contributed by atoms with Gasteiger partial charge in [0.1, 0.15) is 46.3 Å². The first kappa shape index (κ1) is 86.1. The fourth-order valence-corrected chi connectivity index (χ4v) is 12.2. The second-order valence-electron chi connectivity index (χ2n) is 26.5. The van der Waals surface area contributed by atoms with Gasteiger partial charge in [-0.1, -0.05) is 146 Å². The van der Waals surface area contributed by atoms with Crippen LogP contribution in [0.4, 0.5) is 40.3 Å². The minimum absolute atomic E-state index is 0.0152. The van der Waals surface area contributed by atoms with Gasteiger partial charge in [0, 0.05) is 71.2 Å². The van der Waals surface area contributed by atoms with Crippen LogP contribution in [0.15, 0.2) is 291 Å². The van der Waals surface area contributed by atoms with E-state index in [1.165, 1.54) is 92.1 Å². The van der Waals surface area contributed by atoms with E-state index in [1.54, 1.807) is 105 Å². The molecule has 4 N–H and O–H groups in total. The third kappa shape index (κ3) is 26.7. The van der Waals surface area contributed by atoms with E-state index in [2.05, 4.69) is 33.4 Å². The van der Waals surface area contributed by atoms with Gasteiger partial charge in [0.2, 0.25) is 0 Å². The number of methoxy groups -OCH3 is 4. The summed E-state index contributed by atoms with van der Waals surface area (Å²) in [6.45, 7) is 0. The maximum atomic E-state index is 13.9. The number of halogens is 4. The summed E-state index contributed by atoms with van der Waals surface area (Å²) in [7, 11) is 6.16. The molecule has 12 aromatic carbocycles. The zero-order valence-electron chi connectivity index (χ0n) is 64.6. The SMILES string of the molecule is COc1ccc(C(=O)CCCc2ccccc2)c(NC(=O)c2ccccc2F)c1.COc1ccc(C(=O)Nc2cc(F)ccc2C(=O)CCCc2ccccc2)cc1.COc1ccc(C(=O)Nc2cc(OC)ccc2C(=O)CCCc2ccccc2)cc1.O=C(Nc1cc(F)ccc1C(=O)CCCc1ccccc1)c1ccccc1F. The van der Waals surface area contributed by atoms with Crippen molar-refractivity contribution in [2.24, 2.45) is 0 Å². The molecule has 0 fully saturated rings. The predicted molar refractivity (Wildman–Crippen MR) is 444 cm³/mol. The Kier molecular flexibility index (Phi) is 33.4. The van der Waals surface area contributed by atoms with Crippen LogP contribution in [0.5, 0.6) is 23.0 Å². The molecule has 0 radical (unpaired) electrons. The highest BCUT2D eigenvalue weighted by atomic mass is 19.1. The molecule has 0 saturated carbocycles. The van der Waals surface area contributed by atoms with Crippen molar-refractivity contribution in [3.63, 3.8) is 0 Å². The summed E-state index contributed by atoms with van der Waals surface area (Å²) < 4.78 is 75.8. The number of hydrogen-bond acceptors (Lipinski definition) is 12. The minimum Gasteiger partial charge on any atom is -0.497 e. The zero-order chi connectivity index (χ0) is 82.6. The van der Waals surface area contributed by atoms with Gasteiger partial charge in [-0.2, -0.15) is 0 Å². The van der Waals surface area contributed by atoms with Crippen molar-refractivity contribution in [3.05, 3.63) is 381 Å². The first-order valence-electron chi connectivity index (χ1n) is 37.6. The normalized spacial score (nSPS) is 10.4. The molecular weight excluding hydrogens is 1480 g/mol. The molecular formula is C96H88F4N4O12. The first-order valence-corrected chi connectivity index (χ1v) is 37.6. The standard InChI is InChI=1S/C25H25NO4.2C24H22FNO3.C23H19F2NO2/c1-29-20-13-11-19(12-14-20)25(28)26-23-17-21(30-2)15-16-22(23)24(27)10-6-9-18-7-4-3-5-8-18;1-29-18-14-15-20(23(27)13-7-10-17-8-3-2-4-9-17)22(16-18)26-24(28)19-11-5-6-12-21(19)25;1-29-20-13-10-18(11-14-20)24(28)26-22-16-19(25)12-15-21(22)23(27)9-5-8-17-6-3-2-4-7-17;24-17-13-14-19(22(27)12-6-9-16-7-2-1-3-8-16)21(15-17)26-23(28)18-10-4-5-11-20(18)25/h3-5,7-8,11-17H,6,9-10H2,1-2H3,(H,26,28);2-6,8-9,11-12,14-16H,7,10,13H2,1H3,(H,26,28);2-4,6-7,10-16H,5,8-9H2,1H3,(H,26,28);1-5,7-8,10-11,13-15H,6,9,12H2,(H,26,28). The molecule has 116 heavy (non-hydrogen) atoms. The van der Waals surface area contributed by atoms with Crippen molar-refractivity contribution in [1.82, 2.24) is 0 Å². The van der Waals surface area contributed by atoms with Gasteiger partial charge in [0.05, 0.1) is 62.3 Å². The molecule has 0 aliphatic rings. The summed E-state index contributed by atoms with van der Waals surface area (Å²) in [5.41, 5.74) is 7.60. The molecule has 0 bridgehead atoms. The van der Waals surface area contributed by atoms with Gasteiger partial charge < -0.3 is 40.2 Å². The van der Waals surface area contributed by atoms with Gasteiger partial charge in [0.25, 0.3) is 23.6 Å².